The van der Waals surface area contributed by atoms with Crippen molar-refractivity contribution in [2.75, 3.05) is 6.61 Å². The van der Waals surface area contributed by atoms with E-state index in [1.165, 1.54) is 13.8 Å². The van der Waals surface area contributed by atoms with Crippen LogP contribution in [-0.2, 0) is 4.79 Å². The largest absolute Gasteiger partial charge is 0.486 e. The standard InChI is InChI=1S/C11H12O3/c1-8(12)7-14-11-5-3-10(4-6-11)9(2)13/h3-6H,7H2,1-2H3. The van der Waals surface area contributed by atoms with Crippen LogP contribution >= 0.6 is 0 Å². The summed E-state index contributed by atoms with van der Waals surface area (Å²) >= 11 is 0. The Balaban J connectivity index is 2.64. The molecule has 0 saturated heterocycles. The van der Waals surface area contributed by atoms with Gasteiger partial charge in [-0.3, -0.25) is 9.59 Å². The van der Waals surface area contributed by atoms with E-state index in [2.05, 4.69) is 0 Å². The average Bonchev–Trinajstić information content (AvgIpc) is 2.15. The van der Waals surface area contributed by atoms with Gasteiger partial charge in [-0.05, 0) is 38.1 Å². The maximum atomic E-state index is 10.9. The molecule has 74 valence electrons. The fourth-order valence-electron chi connectivity index (χ4n) is 0.971. The summed E-state index contributed by atoms with van der Waals surface area (Å²) in [5.74, 6) is 0.592. The predicted octanol–water partition coefficient (Wildman–Crippen LogP) is 1.86. The SMILES string of the molecule is CC(=O)COc1ccc(C(C)=O)cc1. The lowest BCUT2D eigenvalue weighted by Gasteiger charge is -2.03. The minimum atomic E-state index is -0.0272. The fourth-order valence-corrected chi connectivity index (χ4v) is 0.971. The monoisotopic (exact) mass is 192 g/mol. The van der Waals surface area contributed by atoms with E-state index < -0.39 is 0 Å². The number of benzene rings is 1. The van der Waals surface area contributed by atoms with Crippen LogP contribution in [0, 0.1) is 0 Å². The maximum absolute atomic E-state index is 10.9. The first-order valence-corrected chi connectivity index (χ1v) is 4.33. The Kier molecular flexibility index (Phi) is 3.40. The summed E-state index contributed by atoms with van der Waals surface area (Å²) < 4.78 is 5.14. The van der Waals surface area contributed by atoms with Gasteiger partial charge in [0.05, 0.1) is 0 Å². The lowest BCUT2D eigenvalue weighted by Crippen LogP contribution is -2.06. The van der Waals surface area contributed by atoms with Gasteiger partial charge in [0.2, 0.25) is 0 Å². The third-order valence-electron chi connectivity index (χ3n) is 1.70. The lowest BCUT2D eigenvalue weighted by atomic mass is 10.1. The van der Waals surface area contributed by atoms with Crippen molar-refractivity contribution < 1.29 is 14.3 Å². The third kappa shape index (κ3) is 3.01. The lowest BCUT2D eigenvalue weighted by molar-refractivity contribution is -0.118. The molecule has 0 amide bonds. The number of carbonyl (C=O) groups excluding carboxylic acids is 2. The quantitative estimate of drug-likeness (QED) is 0.684. The first-order valence-electron chi connectivity index (χ1n) is 4.33. The smallest absolute Gasteiger partial charge is 0.167 e. The summed E-state index contributed by atoms with van der Waals surface area (Å²) in [7, 11) is 0. The van der Waals surface area contributed by atoms with Crippen LogP contribution < -0.4 is 4.74 Å². The van der Waals surface area contributed by atoms with Gasteiger partial charge < -0.3 is 4.74 Å². The Hall–Kier alpha value is -1.64. The number of ether oxygens (including phenoxy) is 1. The van der Waals surface area contributed by atoms with Crippen LogP contribution in [-0.4, -0.2) is 18.2 Å². The first kappa shape index (κ1) is 10.4. The summed E-state index contributed by atoms with van der Waals surface area (Å²) in [6.07, 6.45) is 0. The molecule has 3 heteroatoms. The van der Waals surface area contributed by atoms with Crippen LogP contribution in [0.5, 0.6) is 5.75 Å². The van der Waals surface area contributed by atoms with Crippen LogP contribution in [0.2, 0.25) is 0 Å². The Morgan fingerprint density at radius 3 is 2.14 bits per heavy atom. The highest BCUT2D eigenvalue weighted by atomic mass is 16.5. The van der Waals surface area contributed by atoms with E-state index in [4.69, 9.17) is 4.74 Å². The van der Waals surface area contributed by atoms with E-state index in [-0.39, 0.29) is 18.2 Å². The van der Waals surface area contributed by atoms with Crippen molar-refractivity contribution in [2.24, 2.45) is 0 Å². The molecule has 0 saturated carbocycles. The predicted molar refractivity (Wildman–Crippen MR) is 52.6 cm³/mol. The minimum absolute atomic E-state index is 0.0168. The Bertz CT molecular complexity index is 338. The van der Waals surface area contributed by atoms with Crippen LogP contribution in [0.1, 0.15) is 24.2 Å². The zero-order chi connectivity index (χ0) is 10.6. The van der Waals surface area contributed by atoms with E-state index in [1.807, 2.05) is 0 Å². The van der Waals surface area contributed by atoms with Crippen molar-refractivity contribution in [3.8, 4) is 5.75 Å². The molecule has 0 N–H and O–H groups in total. The molecule has 0 unspecified atom stereocenters. The summed E-state index contributed by atoms with van der Waals surface area (Å²) in [4.78, 5) is 21.5. The highest BCUT2D eigenvalue weighted by Crippen LogP contribution is 2.12. The van der Waals surface area contributed by atoms with Crippen LogP contribution in [0.3, 0.4) is 0 Å². The summed E-state index contributed by atoms with van der Waals surface area (Å²) in [5.41, 5.74) is 0.639. The molecule has 1 aromatic carbocycles. The first-order chi connectivity index (χ1) is 6.59. The van der Waals surface area contributed by atoms with E-state index >= 15 is 0 Å². The van der Waals surface area contributed by atoms with E-state index in [9.17, 15) is 9.59 Å². The van der Waals surface area contributed by atoms with Gasteiger partial charge in [-0.2, -0.15) is 0 Å². The van der Waals surface area contributed by atoms with Crippen molar-refractivity contribution >= 4 is 11.6 Å². The molecule has 0 spiro atoms. The van der Waals surface area contributed by atoms with Gasteiger partial charge in [0.25, 0.3) is 0 Å². The van der Waals surface area contributed by atoms with Crippen molar-refractivity contribution in [1.29, 1.82) is 0 Å². The third-order valence-corrected chi connectivity index (χ3v) is 1.70. The zero-order valence-corrected chi connectivity index (χ0v) is 8.24. The van der Waals surface area contributed by atoms with Crippen molar-refractivity contribution in [1.82, 2.24) is 0 Å². The average molecular weight is 192 g/mol. The Labute approximate surface area is 82.7 Å². The van der Waals surface area contributed by atoms with Gasteiger partial charge >= 0.3 is 0 Å². The number of rotatable bonds is 4. The van der Waals surface area contributed by atoms with Crippen LogP contribution in [0.15, 0.2) is 24.3 Å². The molecule has 0 radical (unpaired) electrons. The highest BCUT2D eigenvalue weighted by molar-refractivity contribution is 5.94. The van der Waals surface area contributed by atoms with Gasteiger partial charge in [0.15, 0.2) is 11.6 Å². The van der Waals surface area contributed by atoms with Crippen molar-refractivity contribution in [3.63, 3.8) is 0 Å². The van der Waals surface area contributed by atoms with Gasteiger partial charge in [0, 0.05) is 5.56 Å². The van der Waals surface area contributed by atoms with E-state index in [0.29, 0.717) is 11.3 Å². The molecule has 1 rings (SSSR count). The molecule has 0 atom stereocenters. The number of ketones is 2. The van der Waals surface area contributed by atoms with Gasteiger partial charge in [0.1, 0.15) is 12.4 Å². The van der Waals surface area contributed by atoms with E-state index in [0.717, 1.165) is 0 Å². The number of Topliss-reactive ketones (excluding diaryl/α,β-unsaturated/α-hetero) is 2. The van der Waals surface area contributed by atoms with Crippen molar-refractivity contribution in [3.05, 3.63) is 29.8 Å². The van der Waals surface area contributed by atoms with Gasteiger partial charge in [-0.1, -0.05) is 0 Å². The second-order valence-corrected chi connectivity index (χ2v) is 3.07. The zero-order valence-electron chi connectivity index (χ0n) is 8.24. The molecule has 0 heterocycles. The summed E-state index contributed by atoms with van der Waals surface area (Å²) in [6, 6.07) is 6.72. The van der Waals surface area contributed by atoms with Gasteiger partial charge in [-0.25, -0.2) is 0 Å². The second kappa shape index (κ2) is 4.56. The Morgan fingerprint density at radius 2 is 1.71 bits per heavy atom. The minimum Gasteiger partial charge on any atom is -0.486 e. The fraction of sp³-hybridized carbons (Fsp3) is 0.273. The normalized spacial score (nSPS) is 9.57. The molecule has 0 aliphatic rings. The molecule has 0 aliphatic heterocycles. The number of hydrogen-bond acceptors (Lipinski definition) is 3. The topological polar surface area (TPSA) is 43.4 Å². The molecule has 0 aliphatic carbocycles. The van der Waals surface area contributed by atoms with E-state index in [1.54, 1.807) is 24.3 Å². The molecule has 1 aromatic rings. The molecular formula is C11H12O3. The summed E-state index contributed by atoms with van der Waals surface area (Å²) in [5, 5.41) is 0. The van der Waals surface area contributed by atoms with Crippen LogP contribution in [0.25, 0.3) is 0 Å². The van der Waals surface area contributed by atoms with Gasteiger partial charge in [-0.15, -0.1) is 0 Å². The maximum Gasteiger partial charge on any atom is 0.167 e. The molecule has 3 nitrogen and oxygen atoms in total. The molecule has 0 aromatic heterocycles. The molecule has 14 heavy (non-hydrogen) atoms. The molecule has 0 fully saturated rings. The molecular weight excluding hydrogens is 180 g/mol. The number of carbonyl (C=O) groups is 2. The molecule has 0 bridgehead atoms. The highest BCUT2D eigenvalue weighted by Gasteiger charge is 2.00. The van der Waals surface area contributed by atoms with Crippen LogP contribution in [0.4, 0.5) is 0 Å². The number of hydrogen-bond donors (Lipinski definition) is 0. The second-order valence-electron chi connectivity index (χ2n) is 3.07. The summed E-state index contributed by atoms with van der Waals surface area (Å²) in [6.45, 7) is 3.04. The van der Waals surface area contributed by atoms with Crippen molar-refractivity contribution in [2.45, 2.75) is 13.8 Å². The Morgan fingerprint density at radius 1 is 1.14 bits per heavy atom.